The first-order chi connectivity index (χ1) is 16.5. The molecule has 1 saturated carbocycles. The molecule has 1 atom stereocenters. The van der Waals surface area contributed by atoms with Crippen LogP contribution in [0.25, 0.3) is 0 Å². The van der Waals surface area contributed by atoms with Crippen LogP contribution in [-0.2, 0) is 19.7 Å². The Kier molecular flexibility index (Phi) is 8.08. The topological polar surface area (TPSA) is 97.0 Å². The highest BCUT2D eigenvalue weighted by Gasteiger charge is 2.44. The number of rotatable bonds is 8. The van der Waals surface area contributed by atoms with Gasteiger partial charge in [-0.1, -0.05) is 37.8 Å². The summed E-state index contributed by atoms with van der Waals surface area (Å²) in [6.45, 7) is 1.47. The first-order valence-corrected chi connectivity index (χ1v) is 12.6. The summed E-state index contributed by atoms with van der Waals surface area (Å²) in [6.07, 6.45) is 8.82. The molecule has 0 bridgehead atoms. The Hall–Kier alpha value is -2.61. The fraction of sp³-hybridized carbons (Fsp3) is 0.654. The van der Waals surface area contributed by atoms with Crippen molar-refractivity contribution in [2.45, 2.75) is 81.7 Å². The molecule has 0 spiro atoms. The number of hydrogen-bond donors (Lipinski definition) is 2. The van der Waals surface area contributed by atoms with Crippen molar-refractivity contribution in [2.75, 3.05) is 26.9 Å². The first-order valence-electron chi connectivity index (χ1n) is 12.6. The summed E-state index contributed by atoms with van der Waals surface area (Å²) in [7, 11) is 1.63. The van der Waals surface area contributed by atoms with Gasteiger partial charge in [0, 0.05) is 37.6 Å². The zero-order valence-corrected chi connectivity index (χ0v) is 20.1. The summed E-state index contributed by atoms with van der Waals surface area (Å²) in [4.78, 5) is 39.8. The fourth-order valence-corrected chi connectivity index (χ4v) is 5.47. The molecule has 2 aliphatic heterocycles. The van der Waals surface area contributed by atoms with Gasteiger partial charge < -0.3 is 20.1 Å². The van der Waals surface area contributed by atoms with Gasteiger partial charge in [-0.05, 0) is 49.8 Å². The second-order valence-corrected chi connectivity index (χ2v) is 9.84. The lowest BCUT2D eigenvalue weighted by molar-refractivity contribution is -0.129. The normalized spacial score (nSPS) is 23.3. The van der Waals surface area contributed by atoms with Gasteiger partial charge >= 0.3 is 6.03 Å². The Bertz CT molecular complexity index is 858. The van der Waals surface area contributed by atoms with Crippen LogP contribution in [0.2, 0.25) is 0 Å². The zero-order valence-electron chi connectivity index (χ0n) is 20.1. The summed E-state index contributed by atoms with van der Waals surface area (Å²) in [5.41, 5.74) is 0.715. The lowest BCUT2D eigenvalue weighted by Crippen LogP contribution is -2.47. The van der Waals surface area contributed by atoms with E-state index in [0.717, 1.165) is 49.8 Å². The highest BCUT2D eigenvalue weighted by molar-refractivity contribution is 6.04. The summed E-state index contributed by atoms with van der Waals surface area (Å²) >= 11 is 0. The molecule has 0 aromatic heterocycles. The van der Waals surface area contributed by atoms with E-state index in [0.29, 0.717) is 26.2 Å². The maximum absolute atomic E-state index is 13.2. The smallest absolute Gasteiger partial charge is 0.324 e. The highest BCUT2D eigenvalue weighted by Crippen LogP contribution is 2.37. The minimum Gasteiger partial charge on any atom is -0.497 e. The maximum Gasteiger partial charge on any atom is 0.324 e. The number of imide groups is 1. The first kappa shape index (κ1) is 24.5. The molecular formula is C26H37N3O5. The molecule has 3 aliphatic rings. The molecule has 186 valence electrons. The average Bonchev–Trinajstić information content (AvgIpc) is 3.02. The molecule has 1 unspecified atom stereocenters. The van der Waals surface area contributed by atoms with Crippen LogP contribution >= 0.6 is 0 Å². The van der Waals surface area contributed by atoms with Crippen molar-refractivity contribution in [3.05, 3.63) is 29.8 Å². The lowest BCUT2D eigenvalue weighted by atomic mass is 9.73. The van der Waals surface area contributed by atoms with E-state index >= 15 is 0 Å². The predicted octanol–water partition coefficient (Wildman–Crippen LogP) is 3.28. The second-order valence-electron chi connectivity index (χ2n) is 9.84. The van der Waals surface area contributed by atoms with Crippen LogP contribution in [0.4, 0.5) is 4.79 Å². The van der Waals surface area contributed by atoms with Gasteiger partial charge in [0.05, 0.1) is 7.11 Å². The molecule has 1 aromatic carbocycles. The van der Waals surface area contributed by atoms with E-state index in [1.807, 2.05) is 24.3 Å². The molecule has 4 amide bonds. The van der Waals surface area contributed by atoms with Crippen LogP contribution in [0.5, 0.6) is 5.75 Å². The summed E-state index contributed by atoms with van der Waals surface area (Å²) in [5.74, 6) is 0.487. The third kappa shape index (κ3) is 5.71. The Labute approximate surface area is 201 Å². The fourth-order valence-electron chi connectivity index (χ4n) is 5.47. The number of benzene rings is 1. The van der Waals surface area contributed by atoms with Gasteiger partial charge in [-0.3, -0.25) is 14.5 Å². The van der Waals surface area contributed by atoms with Crippen LogP contribution in [0.3, 0.4) is 0 Å². The van der Waals surface area contributed by atoms with Gasteiger partial charge in [-0.25, -0.2) is 4.79 Å². The molecule has 8 nitrogen and oxygen atoms in total. The number of urea groups is 1. The largest absolute Gasteiger partial charge is 0.497 e. The van der Waals surface area contributed by atoms with Gasteiger partial charge in [-0.15, -0.1) is 0 Å². The van der Waals surface area contributed by atoms with Gasteiger partial charge in [0.1, 0.15) is 11.8 Å². The third-order valence-corrected chi connectivity index (χ3v) is 7.60. The zero-order chi connectivity index (χ0) is 24.0. The Balaban J connectivity index is 1.37. The quantitative estimate of drug-likeness (QED) is 0.448. The molecule has 1 aliphatic carbocycles. The molecule has 2 heterocycles. The van der Waals surface area contributed by atoms with Crippen molar-refractivity contribution < 1.29 is 23.9 Å². The number of carbonyl (C=O) groups is 3. The van der Waals surface area contributed by atoms with Crippen molar-refractivity contribution in [1.29, 1.82) is 0 Å². The van der Waals surface area contributed by atoms with E-state index in [-0.39, 0.29) is 35.7 Å². The van der Waals surface area contributed by atoms with Gasteiger partial charge in [0.2, 0.25) is 5.91 Å². The Morgan fingerprint density at radius 3 is 2.44 bits per heavy atom. The number of amides is 4. The molecule has 3 fully saturated rings. The van der Waals surface area contributed by atoms with E-state index in [1.54, 1.807) is 7.11 Å². The van der Waals surface area contributed by atoms with Crippen molar-refractivity contribution in [2.24, 2.45) is 0 Å². The Morgan fingerprint density at radius 1 is 1.12 bits per heavy atom. The van der Waals surface area contributed by atoms with Crippen molar-refractivity contribution >= 4 is 17.8 Å². The second kappa shape index (κ2) is 11.2. The summed E-state index contributed by atoms with van der Waals surface area (Å²) in [5, 5.41) is 5.93. The number of nitrogens with one attached hydrogen (secondary N) is 2. The number of carbonyl (C=O) groups excluding carboxylic acids is 3. The van der Waals surface area contributed by atoms with Crippen molar-refractivity contribution in [1.82, 2.24) is 15.5 Å². The monoisotopic (exact) mass is 471 g/mol. The van der Waals surface area contributed by atoms with E-state index in [4.69, 9.17) is 9.47 Å². The minimum absolute atomic E-state index is 0.0356. The van der Waals surface area contributed by atoms with E-state index < -0.39 is 6.04 Å². The van der Waals surface area contributed by atoms with E-state index in [9.17, 15) is 14.4 Å². The third-order valence-electron chi connectivity index (χ3n) is 7.60. The minimum atomic E-state index is -0.653. The van der Waals surface area contributed by atoms with E-state index in [1.165, 1.54) is 17.7 Å². The standard InChI is InChI=1S/C26H37N3O5/c1-33-21-10-8-19(9-11-21)26(14-16-34-17-15-26)18-29-24(31)22(28-25(29)32)12-13-23(30)27-20-6-4-2-3-5-7-20/h8-11,20,22H,2-7,12-18H2,1H3,(H,27,30)(H,28,32). The molecule has 4 rings (SSSR count). The molecule has 34 heavy (non-hydrogen) atoms. The van der Waals surface area contributed by atoms with Crippen LogP contribution in [-0.4, -0.2) is 61.7 Å². The van der Waals surface area contributed by atoms with Crippen molar-refractivity contribution in [3.63, 3.8) is 0 Å². The summed E-state index contributed by atoms with van der Waals surface area (Å²) in [6, 6.07) is 7.05. The van der Waals surface area contributed by atoms with Gasteiger partial charge in [0.15, 0.2) is 0 Å². The highest BCUT2D eigenvalue weighted by atomic mass is 16.5. The molecule has 1 aromatic rings. The molecule has 2 saturated heterocycles. The molecular weight excluding hydrogens is 434 g/mol. The van der Waals surface area contributed by atoms with Gasteiger partial charge in [0.25, 0.3) is 5.91 Å². The van der Waals surface area contributed by atoms with Crippen LogP contribution in [0, 0.1) is 0 Å². The van der Waals surface area contributed by atoms with E-state index in [2.05, 4.69) is 10.6 Å². The predicted molar refractivity (Wildman–Crippen MR) is 128 cm³/mol. The number of nitrogens with zero attached hydrogens (tertiary/aromatic N) is 1. The van der Waals surface area contributed by atoms with Gasteiger partial charge in [-0.2, -0.15) is 0 Å². The van der Waals surface area contributed by atoms with Crippen molar-refractivity contribution in [3.8, 4) is 5.75 Å². The molecule has 8 heteroatoms. The number of methoxy groups -OCH3 is 1. The van der Waals surface area contributed by atoms with Crippen LogP contribution < -0.4 is 15.4 Å². The Morgan fingerprint density at radius 2 is 1.79 bits per heavy atom. The number of ether oxygens (including phenoxy) is 2. The summed E-state index contributed by atoms with van der Waals surface area (Å²) < 4.78 is 10.9. The average molecular weight is 472 g/mol. The van der Waals surface area contributed by atoms with Crippen LogP contribution in [0.1, 0.15) is 69.8 Å². The van der Waals surface area contributed by atoms with Crippen LogP contribution in [0.15, 0.2) is 24.3 Å². The number of hydrogen-bond acceptors (Lipinski definition) is 5. The molecule has 2 N–H and O–H groups in total. The lowest BCUT2D eigenvalue weighted by Gasteiger charge is -2.39. The SMILES string of the molecule is COc1ccc(C2(CN3C(=O)NC(CCC(=O)NC4CCCCCC4)C3=O)CCOCC2)cc1. The maximum atomic E-state index is 13.2. The molecule has 0 radical (unpaired) electrons.